The minimum absolute atomic E-state index is 0.0404. The number of aliphatic hydroxyl groups is 1. The Morgan fingerprint density at radius 2 is 1.95 bits per heavy atom. The average molecular weight is 296 g/mol. The summed E-state index contributed by atoms with van der Waals surface area (Å²) in [7, 11) is 0. The number of fused-ring (bicyclic) bond motifs is 2. The van der Waals surface area contributed by atoms with Gasteiger partial charge in [0.15, 0.2) is 5.79 Å². The minimum atomic E-state index is -0.603. The summed E-state index contributed by atoms with van der Waals surface area (Å²) in [6.07, 6.45) is 5.05. The van der Waals surface area contributed by atoms with Gasteiger partial charge in [0.25, 0.3) is 0 Å². The molecule has 5 atom stereocenters. The second kappa shape index (κ2) is 5.04. The van der Waals surface area contributed by atoms with Crippen LogP contribution in [0.1, 0.15) is 46.5 Å². The second-order valence-electron chi connectivity index (χ2n) is 7.68. The molecule has 0 radical (unpaired) electrons. The molecule has 1 saturated heterocycles. The predicted octanol–water partition coefficient (Wildman–Crippen LogP) is 2.39. The van der Waals surface area contributed by atoms with Gasteiger partial charge in [-0.2, -0.15) is 0 Å². The quantitative estimate of drug-likeness (QED) is 0.813. The van der Waals surface area contributed by atoms with E-state index in [0.29, 0.717) is 19.1 Å². The van der Waals surface area contributed by atoms with Crippen molar-refractivity contribution in [2.24, 2.45) is 28.6 Å². The van der Waals surface area contributed by atoms with Crippen LogP contribution in [0.15, 0.2) is 0 Å². The third kappa shape index (κ3) is 1.88. The first kappa shape index (κ1) is 15.4. The molecule has 4 heteroatoms. The normalized spacial score (nSPS) is 46.5. The molecule has 0 unspecified atom stereocenters. The standard InChI is InChI=1S/C17H28O4/c1-12-4-5-16(13(2)10-18)6-7-17(20-8-9-21-17)14(16)15(12,3)11-19/h11-14,18H,4-10H2,1-3H3/t12-,13-,14+,15-,16+/m1/s1. The molecule has 0 aromatic rings. The molecule has 0 amide bonds. The van der Waals surface area contributed by atoms with Gasteiger partial charge in [-0.3, -0.25) is 0 Å². The zero-order valence-corrected chi connectivity index (χ0v) is 13.4. The predicted molar refractivity (Wildman–Crippen MR) is 78.6 cm³/mol. The van der Waals surface area contributed by atoms with Crippen LogP contribution in [0.25, 0.3) is 0 Å². The summed E-state index contributed by atoms with van der Waals surface area (Å²) in [5.74, 6) is -0.0695. The Hall–Kier alpha value is -0.450. The zero-order valence-electron chi connectivity index (χ0n) is 13.4. The number of carbonyl (C=O) groups excluding carboxylic acids is 1. The average Bonchev–Trinajstić information content (AvgIpc) is 3.10. The van der Waals surface area contributed by atoms with Crippen LogP contribution in [-0.4, -0.2) is 37.0 Å². The molecule has 1 N–H and O–H groups in total. The lowest BCUT2D eigenvalue weighted by atomic mass is 9.49. The molecule has 1 heterocycles. The van der Waals surface area contributed by atoms with Crippen LogP contribution in [0, 0.1) is 28.6 Å². The van der Waals surface area contributed by atoms with Gasteiger partial charge in [0, 0.05) is 24.4 Å². The zero-order chi connectivity index (χ0) is 15.3. The van der Waals surface area contributed by atoms with Gasteiger partial charge in [0.05, 0.1) is 13.2 Å². The van der Waals surface area contributed by atoms with Gasteiger partial charge in [-0.25, -0.2) is 0 Å². The topological polar surface area (TPSA) is 55.8 Å². The monoisotopic (exact) mass is 296 g/mol. The molecule has 0 aromatic heterocycles. The highest BCUT2D eigenvalue weighted by Gasteiger charge is 2.69. The molecule has 2 saturated carbocycles. The van der Waals surface area contributed by atoms with Crippen LogP contribution in [-0.2, 0) is 14.3 Å². The highest BCUT2D eigenvalue weighted by atomic mass is 16.7. The molecule has 0 aromatic carbocycles. The summed E-state index contributed by atoms with van der Waals surface area (Å²) in [5, 5.41) is 9.80. The Bertz CT molecular complexity index is 417. The van der Waals surface area contributed by atoms with E-state index in [-0.39, 0.29) is 23.9 Å². The lowest BCUT2D eigenvalue weighted by Gasteiger charge is -2.56. The van der Waals surface area contributed by atoms with E-state index in [1.807, 2.05) is 0 Å². The Morgan fingerprint density at radius 1 is 1.29 bits per heavy atom. The Kier molecular flexibility index (Phi) is 3.70. The van der Waals surface area contributed by atoms with Crippen molar-refractivity contribution in [1.82, 2.24) is 0 Å². The Morgan fingerprint density at radius 3 is 2.52 bits per heavy atom. The van der Waals surface area contributed by atoms with Crippen molar-refractivity contribution in [2.45, 2.75) is 52.2 Å². The van der Waals surface area contributed by atoms with Crippen molar-refractivity contribution in [3.63, 3.8) is 0 Å². The number of ether oxygens (including phenoxy) is 2. The van der Waals surface area contributed by atoms with Gasteiger partial charge >= 0.3 is 0 Å². The number of rotatable bonds is 3. The van der Waals surface area contributed by atoms with Gasteiger partial charge < -0.3 is 19.4 Å². The minimum Gasteiger partial charge on any atom is -0.396 e. The smallest absolute Gasteiger partial charge is 0.172 e. The van der Waals surface area contributed by atoms with Crippen molar-refractivity contribution in [3.05, 3.63) is 0 Å². The van der Waals surface area contributed by atoms with Crippen LogP contribution in [0.5, 0.6) is 0 Å². The van der Waals surface area contributed by atoms with Crippen molar-refractivity contribution in [1.29, 1.82) is 0 Å². The summed E-state index contributed by atoms with van der Waals surface area (Å²) in [6, 6.07) is 0. The summed E-state index contributed by atoms with van der Waals surface area (Å²) < 4.78 is 12.1. The van der Waals surface area contributed by atoms with E-state index >= 15 is 0 Å². The third-order valence-electron chi connectivity index (χ3n) is 6.97. The van der Waals surface area contributed by atoms with Gasteiger partial charge in [0.1, 0.15) is 6.29 Å². The van der Waals surface area contributed by atoms with Crippen LogP contribution in [0.3, 0.4) is 0 Å². The van der Waals surface area contributed by atoms with Gasteiger partial charge in [-0.05, 0) is 36.5 Å². The number of carbonyl (C=O) groups is 1. The van der Waals surface area contributed by atoms with E-state index in [1.54, 1.807) is 0 Å². The fraction of sp³-hybridized carbons (Fsp3) is 0.941. The largest absolute Gasteiger partial charge is 0.396 e. The number of hydrogen-bond donors (Lipinski definition) is 1. The molecule has 4 nitrogen and oxygen atoms in total. The third-order valence-corrected chi connectivity index (χ3v) is 6.97. The molecule has 1 spiro atoms. The molecular formula is C17H28O4. The highest BCUT2D eigenvalue weighted by Crippen LogP contribution is 2.68. The molecule has 0 bridgehead atoms. The number of aldehydes is 1. The Labute approximate surface area is 127 Å². The summed E-state index contributed by atoms with van der Waals surface area (Å²) in [5.41, 5.74) is -0.482. The fourth-order valence-electron chi connectivity index (χ4n) is 5.50. The summed E-state index contributed by atoms with van der Waals surface area (Å²) in [6.45, 7) is 7.75. The van der Waals surface area contributed by atoms with Gasteiger partial charge in [-0.15, -0.1) is 0 Å². The van der Waals surface area contributed by atoms with Gasteiger partial charge in [0.2, 0.25) is 0 Å². The van der Waals surface area contributed by atoms with E-state index in [1.165, 1.54) is 0 Å². The van der Waals surface area contributed by atoms with Crippen LogP contribution >= 0.6 is 0 Å². The van der Waals surface area contributed by atoms with E-state index in [0.717, 1.165) is 32.0 Å². The van der Waals surface area contributed by atoms with Gasteiger partial charge in [-0.1, -0.05) is 20.8 Å². The molecule has 2 aliphatic carbocycles. The fourth-order valence-corrected chi connectivity index (χ4v) is 5.50. The molecule has 3 rings (SSSR count). The number of aliphatic hydroxyl groups excluding tert-OH is 1. The summed E-state index contributed by atoms with van der Waals surface area (Å²) in [4.78, 5) is 12.1. The first-order chi connectivity index (χ1) is 9.95. The SMILES string of the molecule is C[C@@H]1CC[C@@]2([C@H](C)CO)CCC3(OCCO3)[C@H]2[C@]1(C)C=O. The van der Waals surface area contributed by atoms with Crippen LogP contribution in [0.4, 0.5) is 0 Å². The molecule has 120 valence electrons. The maximum absolute atomic E-state index is 12.1. The molecular weight excluding hydrogens is 268 g/mol. The van der Waals surface area contributed by atoms with Crippen LogP contribution in [0.2, 0.25) is 0 Å². The first-order valence-corrected chi connectivity index (χ1v) is 8.30. The van der Waals surface area contributed by atoms with E-state index < -0.39 is 11.2 Å². The van der Waals surface area contributed by atoms with Crippen molar-refractivity contribution in [2.75, 3.05) is 19.8 Å². The van der Waals surface area contributed by atoms with E-state index in [2.05, 4.69) is 20.8 Å². The Balaban J connectivity index is 2.10. The van der Waals surface area contributed by atoms with Crippen molar-refractivity contribution >= 4 is 6.29 Å². The first-order valence-electron chi connectivity index (χ1n) is 8.30. The second-order valence-corrected chi connectivity index (χ2v) is 7.68. The maximum Gasteiger partial charge on any atom is 0.172 e. The number of hydrogen-bond acceptors (Lipinski definition) is 4. The molecule has 21 heavy (non-hydrogen) atoms. The maximum atomic E-state index is 12.1. The lowest BCUT2D eigenvalue weighted by molar-refractivity contribution is -0.242. The molecule has 1 aliphatic heterocycles. The van der Waals surface area contributed by atoms with E-state index in [9.17, 15) is 9.90 Å². The lowest BCUT2D eigenvalue weighted by Crippen LogP contribution is -2.58. The highest BCUT2D eigenvalue weighted by molar-refractivity contribution is 5.61. The molecule has 3 aliphatic rings. The van der Waals surface area contributed by atoms with Crippen molar-refractivity contribution < 1.29 is 19.4 Å². The van der Waals surface area contributed by atoms with E-state index in [4.69, 9.17) is 9.47 Å². The summed E-state index contributed by atoms with van der Waals surface area (Å²) >= 11 is 0. The molecule has 3 fully saturated rings. The van der Waals surface area contributed by atoms with Crippen LogP contribution < -0.4 is 0 Å². The van der Waals surface area contributed by atoms with Crippen molar-refractivity contribution in [3.8, 4) is 0 Å².